The average Bonchev–Trinajstić information content (AvgIpc) is 2.97. The molecule has 0 aromatic carbocycles. The molecule has 0 heterocycles. The first-order valence-electron chi connectivity index (χ1n) is 9.77. The van der Waals surface area contributed by atoms with E-state index < -0.39 is 0 Å². The van der Waals surface area contributed by atoms with Crippen molar-refractivity contribution in [2.45, 2.75) is 83.5 Å². The molecule has 116 valence electrons. The lowest BCUT2D eigenvalue weighted by Crippen LogP contribution is -2.47. The average molecular weight is 284 g/mol. The summed E-state index contributed by atoms with van der Waals surface area (Å²) in [7, 11) is 0. The molecule has 4 saturated carbocycles. The molecular weight excluding hydrogens is 252 g/mol. The molecule has 0 spiro atoms. The normalized spacial score (nSPS) is 48.8. The van der Waals surface area contributed by atoms with E-state index in [9.17, 15) is 0 Å². The number of fused-ring (bicyclic) bond motifs is 5. The van der Waals surface area contributed by atoms with Crippen molar-refractivity contribution in [1.82, 2.24) is 0 Å². The maximum atomic E-state index is 5.59. The third-order valence-corrected chi connectivity index (χ3v) is 8.17. The van der Waals surface area contributed by atoms with Gasteiger partial charge in [0, 0.05) is 6.42 Å². The highest BCUT2D eigenvalue weighted by Crippen LogP contribution is 2.63. The van der Waals surface area contributed by atoms with Gasteiger partial charge < -0.3 is 0 Å². The summed E-state index contributed by atoms with van der Waals surface area (Å²) < 4.78 is 0. The molecule has 4 fully saturated rings. The summed E-state index contributed by atoms with van der Waals surface area (Å²) in [4.78, 5) is 0. The Bertz CT molecular complexity index is 416. The lowest BCUT2D eigenvalue weighted by atomic mass is 9.50. The lowest BCUT2D eigenvalue weighted by molar-refractivity contribution is -0.0584. The predicted octanol–water partition coefficient (Wildman–Crippen LogP) is 5.81. The zero-order valence-corrected chi connectivity index (χ0v) is 13.7. The van der Waals surface area contributed by atoms with E-state index in [0.29, 0.717) is 5.41 Å². The minimum Gasteiger partial charge on any atom is -0.120 e. The topological polar surface area (TPSA) is 0 Å². The second-order valence-corrected chi connectivity index (χ2v) is 8.72. The number of rotatable bonds is 2. The quantitative estimate of drug-likeness (QED) is 0.561. The molecule has 6 atom stereocenters. The third-order valence-electron chi connectivity index (χ3n) is 8.17. The molecule has 4 rings (SSSR count). The molecular formula is C21H32. The van der Waals surface area contributed by atoms with Gasteiger partial charge in [-0.25, -0.2) is 0 Å². The van der Waals surface area contributed by atoms with Gasteiger partial charge in [0.15, 0.2) is 0 Å². The Balaban J connectivity index is 1.55. The molecule has 0 aromatic heterocycles. The van der Waals surface area contributed by atoms with Crippen LogP contribution in [-0.2, 0) is 0 Å². The van der Waals surface area contributed by atoms with Crippen molar-refractivity contribution in [2.75, 3.05) is 0 Å². The van der Waals surface area contributed by atoms with Crippen LogP contribution in [-0.4, -0.2) is 0 Å². The van der Waals surface area contributed by atoms with Crippen LogP contribution in [0.3, 0.4) is 0 Å². The van der Waals surface area contributed by atoms with Gasteiger partial charge in [0.05, 0.1) is 0 Å². The van der Waals surface area contributed by atoms with Gasteiger partial charge in [-0.05, 0) is 86.4 Å². The Morgan fingerprint density at radius 1 is 0.810 bits per heavy atom. The summed E-state index contributed by atoms with van der Waals surface area (Å²) in [5, 5.41) is 0. The third kappa shape index (κ3) is 2.27. The van der Waals surface area contributed by atoms with Gasteiger partial charge in [-0.15, -0.1) is 12.3 Å². The van der Waals surface area contributed by atoms with Gasteiger partial charge in [0.25, 0.3) is 0 Å². The van der Waals surface area contributed by atoms with E-state index in [1.165, 1.54) is 44.9 Å². The Hall–Kier alpha value is -0.440. The van der Waals surface area contributed by atoms with Crippen LogP contribution in [0.25, 0.3) is 0 Å². The van der Waals surface area contributed by atoms with E-state index in [4.69, 9.17) is 6.42 Å². The maximum Gasteiger partial charge on any atom is 0.00914 e. The minimum atomic E-state index is 0.676. The fourth-order valence-electron chi connectivity index (χ4n) is 7.38. The van der Waals surface area contributed by atoms with Crippen LogP contribution in [0, 0.1) is 47.3 Å². The van der Waals surface area contributed by atoms with E-state index in [2.05, 4.69) is 5.92 Å². The Labute approximate surface area is 131 Å². The molecule has 0 radical (unpaired) electrons. The minimum absolute atomic E-state index is 0.676. The Morgan fingerprint density at radius 2 is 1.71 bits per heavy atom. The summed E-state index contributed by atoms with van der Waals surface area (Å²) in [6, 6.07) is 0. The smallest absolute Gasteiger partial charge is 0.00914 e. The molecule has 0 nitrogen and oxygen atoms in total. The van der Waals surface area contributed by atoms with E-state index in [1.807, 2.05) is 0 Å². The largest absolute Gasteiger partial charge is 0.120 e. The molecule has 0 bridgehead atoms. The van der Waals surface area contributed by atoms with Crippen molar-refractivity contribution >= 4 is 0 Å². The summed E-state index contributed by atoms with van der Waals surface area (Å²) in [5.74, 6) is 8.40. The molecule has 0 N–H and O–H groups in total. The highest BCUT2D eigenvalue weighted by molar-refractivity contribution is 5.05. The molecule has 0 aliphatic heterocycles. The maximum absolute atomic E-state index is 5.59. The van der Waals surface area contributed by atoms with Gasteiger partial charge in [0.2, 0.25) is 0 Å². The van der Waals surface area contributed by atoms with Crippen LogP contribution in [0.2, 0.25) is 0 Å². The van der Waals surface area contributed by atoms with E-state index in [1.54, 1.807) is 32.1 Å². The van der Waals surface area contributed by atoms with Crippen molar-refractivity contribution in [1.29, 1.82) is 0 Å². The van der Waals surface area contributed by atoms with Crippen molar-refractivity contribution < 1.29 is 0 Å². The van der Waals surface area contributed by atoms with Crippen LogP contribution in [0.5, 0.6) is 0 Å². The summed E-state index contributed by atoms with van der Waals surface area (Å²) in [6.07, 6.45) is 24.8. The van der Waals surface area contributed by atoms with Crippen LogP contribution in [0.4, 0.5) is 0 Å². The number of hydrogen-bond acceptors (Lipinski definition) is 0. The lowest BCUT2D eigenvalue weighted by Gasteiger charge is -2.55. The van der Waals surface area contributed by atoms with Crippen LogP contribution in [0.15, 0.2) is 0 Å². The van der Waals surface area contributed by atoms with Crippen molar-refractivity contribution in [3.8, 4) is 12.3 Å². The zero-order valence-electron chi connectivity index (χ0n) is 13.7. The van der Waals surface area contributed by atoms with Crippen molar-refractivity contribution in [3.05, 3.63) is 0 Å². The van der Waals surface area contributed by atoms with Gasteiger partial charge in [-0.1, -0.05) is 25.7 Å². The number of terminal acetylenes is 1. The molecule has 0 aromatic rings. The summed E-state index contributed by atoms with van der Waals surface area (Å²) in [6.45, 7) is 0. The highest BCUT2D eigenvalue weighted by atomic mass is 14.6. The highest BCUT2D eigenvalue weighted by Gasteiger charge is 2.54. The van der Waals surface area contributed by atoms with E-state index in [0.717, 1.165) is 36.0 Å². The second kappa shape index (κ2) is 5.64. The first kappa shape index (κ1) is 14.2. The Kier molecular flexibility index (Phi) is 3.81. The van der Waals surface area contributed by atoms with Gasteiger partial charge in [0.1, 0.15) is 0 Å². The molecule has 4 aliphatic carbocycles. The van der Waals surface area contributed by atoms with E-state index in [-0.39, 0.29) is 0 Å². The SMILES string of the molecule is C#CCC[C@@]12CCC[C@H]1[C@@H]1CCC3CCCC[C@@H]3[C@H]1CC2. The molecule has 0 heteroatoms. The van der Waals surface area contributed by atoms with Crippen LogP contribution in [0.1, 0.15) is 83.5 Å². The zero-order chi connectivity index (χ0) is 14.3. The van der Waals surface area contributed by atoms with Gasteiger partial charge in [-0.2, -0.15) is 0 Å². The standard InChI is InChI=1S/C21H32/c1-2-3-13-21-14-6-9-20(21)19-11-10-16-7-4-5-8-17(16)18(19)12-15-21/h1,16-20H,3-15H2/t16?,17-,18+,19+,20-,21-/m0/s1. The predicted molar refractivity (Wildman–Crippen MR) is 88.7 cm³/mol. The fourth-order valence-corrected chi connectivity index (χ4v) is 7.38. The molecule has 0 amide bonds. The van der Waals surface area contributed by atoms with Crippen LogP contribution >= 0.6 is 0 Å². The monoisotopic (exact) mass is 284 g/mol. The summed E-state index contributed by atoms with van der Waals surface area (Å²) >= 11 is 0. The van der Waals surface area contributed by atoms with Gasteiger partial charge >= 0.3 is 0 Å². The molecule has 0 saturated heterocycles. The fraction of sp³-hybridized carbons (Fsp3) is 0.905. The molecule has 1 unspecified atom stereocenters. The second-order valence-electron chi connectivity index (χ2n) is 8.72. The van der Waals surface area contributed by atoms with Crippen LogP contribution < -0.4 is 0 Å². The van der Waals surface area contributed by atoms with Crippen molar-refractivity contribution in [3.63, 3.8) is 0 Å². The van der Waals surface area contributed by atoms with Crippen molar-refractivity contribution in [2.24, 2.45) is 35.0 Å². The Morgan fingerprint density at radius 3 is 2.62 bits per heavy atom. The first-order chi connectivity index (χ1) is 10.3. The number of hydrogen-bond donors (Lipinski definition) is 0. The summed E-state index contributed by atoms with van der Waals surface area (Å²) in [5.41, 5.74) is 0.676. The van der Waals surface area contributed by atoms with Gasteiger partial charge in [-0.3, -0.25) is 0 Å². The van der Waals surface area contributed by atoms with E-state index >= 15 is 0 Å². The first-order valence-corrected chi connectivity index (χ1v) is 9.77. The molecule has 21 heavy (non-hydrogen) atoms. The molecule has 4 aliphatic rings.